The molecule has 1 aromatic carbocycles. The molecule has 0 unspecified atom stereocenters. The molecule has 0 saturated heterocycles. The Morgan fingerprint density at radius 3 is 2.44 bits per heavy atom. The van der Waals surface area contributed by atoms with E-state index in [4.69, 9.17) is 5.11 Å². The van der Waals surface area contributed by atoms with Gasteiger partial charge in [-0.25, -0.2) is 4.79 Å². The number of hydrogen-bond acceptors (Lipinski definition) is 2. The van der Waals surface area contributed by atoms with Crippen molar-refractivity contribution in [3.8, 4) is 0 Å². The molecule has 0 bridgehead atoms. The lowest BCUT2D eigenvalue weighted by Gasteiger charge is -2.00. The lowest BCUT2D eigenvalue weighted by Crippen LogP contribution is -2.17. The molecular formula is C12H11NO3. The summed E-state index contributed by atoms with van der Waals surface area (Å²) in [5.41, 5.74) is 1.82. The molecule has 2 aromatic rings. The van der Waals surface area contributed by atoms with Crippen molar-refractivity contribution < 1.29 is 14.7 Å². The Balaban J connectivity index is 2.81. The number of aromatic nitrogens is 1. The number of fused-ring (bicyclic) bond motifs is 1. The van der Waals surface area contributed by atoms with Gasteiger partial charge in [-0.3, -0.25) is 4.79 Å². The number of benzene rings is 1. The standard InChI is InChI=1S/C12H11NO3/c1-7-8-5-3-4-6-9(8)13(2)10(7)11(14)12(15)16/h3-6H,1-2H3,(H,15,16). The molecule has 4 heteroatoms. The molecule has 82 valence electrons. The van der Waals surface area contributed by atoms with Gasteiger partial charge in [0.25, 0.3) is 5.78 Å². The van der Waals surface area contributed by atoms with Crippen LogP contribution in [0.1, 0.15) is 16.1 Å². The topological polar surface area (TPSA) is 59.3 Å². The quantitative estimate of drug-likeness (QED) is 0.615. The lowest BCUT2D eigenvalue weighted by molar-refractivity contribution is -0.131. The first-order valence-corrected chi connectivity index (χ1v) is 4.85. The number of ketones is 1. The van der Waals surface area contributed by atoms with Crippen molar-refractivity contribution >= 4 is 22.7 Å². The molecule has 0 amide bonds. The van der Waals surface area contributed by atoms with E-state index in [1.54, 1.807) is 18.5 Å². The normalized spacial score (nSPS) is 10.6. The van der Waals surface area contributed by atoms with E-state index >= 15 is 0 Å². The van der Waals surface area contributed by atoms with Crippen LogP contribution in [0.2, 0.25) is 0 Å². The molecule has 0 fully saturated rings. The summed E-state index contributed by atoms with van der Waals surface area (Å²) in [4.78, 5) is 22.3. The fourth-order valence-electron chi connectivity index (χ4n) is 2.01. The fraction of sp³-hybridized carbons (Fsp3) is 0.167. The monoisotopic (exact) mass is 217 g/mol. The maximum Gasteiger partial charge on any atom is 0.378 e. The van der Waals surface area contributed by atoms with E-state index in [0.717, 1.165) is 10.9 Å². The zero-order valence-corrected chi connectivity index (χ0v) is 9.02. The maximum absolute atomic E-state index is 11.5. The van der Waals surface area contributed by atoms with Gasteiger partial charge >= 0.3 is 5.97 Å². The third kappa shape index (κ3) is 1.31. The first-order chi connectivity index (χ1) is 7.54. The number of aryl methyl sites for hydroxylation is 2. The number of para-hydroxylation sites is 1. The van der Waals surface area contributed by atoms with Gasteiger partial charge in [0.2, 0.25) is 0 Å². The Morgan fingerprint density at radius 1 is 1.25 bits per heavy atom. The second-order valence-electron chi connectivity index (χ2n) is 3.68. The summed E-state index contributed by atoms with van der Waals surface area (Å²) in [7, 11) is 1.70. The third-order valence-electron chi connectivity index (χ3n) is 2.77. The van der Waals surface area contributed by atoms with Crippen LogP contribution in [0.4, 0.5) is 0 Å². The van der Waals surface area contributed by atoms with E-state index in [1.165, 1.54) is 0 Å². The first kappa shape index (κ1) is 10.4. The fourth-order valence-corrected chi connectivity index (χ4v) is 2.01. The number of Topliss-reactive ketones (excluding diaryl/α,β-unsaturated/α-hetero) is 1. The molecule has 0 saturated carbocycles. The van der Waals surface area contributed by atoms with Crippen LogP contribution in [0.3, 0.4) is 0 Å². The molecule has 1 aromatic heterocycles. The summed E-state index contributed by atoms with van der Waals surface area (Å²) in [6.45, 7) is 1.76. The highest BCUT2D eigenvalue weighted by Gasteiger charge is 2.22. The van der Waals surface area contributed by atoms with Gasteiger partial charge < -0.3 is 9.67 Å². The van der Waals surface area contributed by atoms with E-state index in [9.17, 15) is 9.59 Å². The highest BCUT2D eigenvalue weighted by Crippen LogP contribution is 2.24. The number of rotatable bonds is 2. The molecule has 0 spiro atoms. The summed E-state index contributed by atoms with van der Waals surface area (Å²) >= 11 is 0. The van der Waals surface area contributed by atoms with Crippen molar-refractivity contribution in [3.63, 3.8) is 0 Å². The van der Waals surface area contributed by atoms with Crippen LogP contribution < -0.4 is 0 Å². The summed E-state index contributed by atoms with van der Waals surface area (Å²) in [6.07, 6.45) is 0. The van der Waals surface area contributed by atoms with Crippen molar-refractivity contribution in [2.45, 2.75) is 6.92 Å². The molecule has 1 heterocycles. The number of carbonyl (C=O) groups is 2. The second-order valence-corrected chi connectivity index (χ2v) is 3.68. The Hall–Kier alpha value is -2.10. The van der Waals surface area contributed by atoms with Gasteiger partial charge in [0.05, 0.1) is 0 Å². The molecular weight excluding hydrogens is 206 g/mol. The summed E-state index contributed by atoms with van der Waals surface area (Å²) in [5, 5.41) is 9.66. The van der Waals surface area contributed by atoms with Crippen molar-refractivity contribution in [3.05, 3.63) is 35.5 Å². The molecule has 0 atom stereocenters. The minimum atomic E-state index is -1.42. The summed E-state index contributed by atoms with van der Waals surface area (Å²) in [5.74, 6) is -2.29. The van der Waals surface area contributed by atoms with E-state index in [1.807, 2.05) is 24.3 Å². The zero-order valence-electron chi connectivity index (χ0n) is 9.02. The number of aliphatic carboxylic acids is 1. The molecule has 4 nitrogen and oxygen atoms in total. The van der Waals surface area contributed by atoms with Gasteiger partial charge in [-0.1, -0.05) is 18.2 Å². The second kappa shape index (κ2) is 3.48. The van der Waals surface area contributed by atoms with Crippen LogP contribution >= 0.6 is 0 Å². The van der Waals surface area contributed by atoms with Gasteiger partial charge in [-0.2, -0.15) is 0 Å². The van der Waals surface area contributed by atoms with Gasteiger partial charge in [0.1, 0.15) is 5.69 Å². The van der Waals surface area contributed by atoms with Crippen LogP contribution in [-0.2, 0) is 11.8 Å². The maximum atomic E-state index is 11.5. The predicted octanol–water partition coefficient (Wildman–Crippen LogP) is 1.75. The minimum absolute atomic E-state index is 0.244. The lowest BCUT2D eigenvalue weighted by atomic mass is 10.1. The molecule has 16 heavy (non-hydrogen) atoms. The largest absolute Gasteiger partial charge is 0.475 e. The first-order valence-electron chi connectivity index (χ1n) is 4.85. The Bertz CT molecular complexity index is 557. The number of nitrogens with zero attached hydrogens (tertiary/aromatic N) is 1. The molecule has 0 aliphatic rings. The number of hydrogen-bond donors (Lipinski definition) is 1. The van der Waals surface area contributed by atoms with Gasteiger partial charge in [0, 0.05) is 18.0 Å². The highest BCUT2D eigenvalue weighted by molar-refractivity contribution is 6.40. The number of carboxylic acids is 1. The summed E-state index contributed by atoms with van der Waals surface area (Å²) in [6, 6.07) is 7.46. The molecule has 2 rings (SSSR count). The third-order valence-corrected chi connectivity index (χ3v) is 2.77. The number of carboxylic acid groups (broad SMARTS) is 1. The van der Waals surface area contributed by atoms with Crippen molar-refractivity contribution in [1.29, 1.82) is 0 Å². The zero-order chi connectivity index (χ0) is 11.9. The molecule has 0 aliphatic heterocycles. The van der Waals surface area contributed by atoms with E-state index in [-0.39, 0.29) is 5.69 Å². The Labute approximate surface area is 92.1 Å². The Kier molecular flexibility index (Phi) is 2.27. The van der Waals surface area contributed by atoms with E-state index in [2.05, 4.69) is 0 Å². The summed E-state index contributed by atoms with van der Waals surface area (Å²) < 4.78 is 1.63. The average Bonchev–Trinajstić information content (AvgIpc) is 2.52. The average molecular weight is 217 g/mol. The number of carbonyl (C=O) groups excluding carboxylic acids is 1. The van der Waals surface area contributed by atoms with Crippen LogP contribution in [0.25, 0.3) is 10.9 Å². The predicted molar refractivity (Wildman–Crippen MR) is 59.6 cm³/mol. The van der Waals surface area contributed by atoms with Gasteiger partial charge in [-0.05, 0) is 18.6 Å². The van der Waals surface area contributed by atoms with Crippen molar-refractivity contribution in [2.75, 3.05) is 0 Å². The highest BCUT2D eigenvalue weighted by atomic mass is 16.4. The van der Waals surface area contributed by atoms with Gasteiger partial charge in [-0.15, -0.1) is 0 Å². The molecule has 0 radical (unpaired) electrons. The van der Waals surface area contributed by atoms with Crippen LogP contribution in [0.5, 0.6) is 0 Å². The Morgan fingerprint density at radius 2 is 1.88 bits per heavy atom. The van der Waals surface area contributed by atoms with E-state index < -0.39 is 11.8 Å². The van der Waals surface area contributed by atoms with Crippen LogP contribution in [0.15, 0.2) is 24.3 Å². The van der Waals surface area contributed by atoms with Crippen LogP contribution in [-0.4, -0.2) is 21.4 Å². The molecule has 1 N–H and O–H groups in total. The minimum Gasteiger partial charge on any atom is -0.475 e. The van der Waals surface area contributed by atoms with Crippen molar-refractivity contribution in [2.24, 2.45) is 7.05 Å². The van der Waals surface area contributed by atoms with Gasteiger partial charge in [0.15, 0.2) is 0 Å². The molecule has 0 aliphatic carbocycles. The van der Waals surface area contributed by atoms with Crippen LogP contribution in [0, 0.1) is 6.92 Å². The van der Waals surface area contributed by atoms with E-state index in [0.29, 0.717) is 5.56 Å². The van der Waals surface area contributed by atoms with Crippen molar-refractivity contribution in [1.82, 2.24) is 4.57 Å². The smallest absolute Gasteiger partial charge is 0.378 e. The SMILES string of the molecule is Cc1c(C(=O)C(=O)O)n(C)c2ccccc12.